The summed E-state index contributed by atoms with van der Waals surface area (Å²) in [5.41, 5.74) is 2.62. The lowest BCUT2D eigenvalue weighted by atomic mass is 9.73. The molecule has 0 radical (unpaired) electrons. The van der Waals surface area contributed by atoms with Gasteiger partial charge in [-0.25, -0.2) is 0 Å². The Bertz CT molecular complexity index is 258. The molecule has 1 heteroatoms. The molecular weight excluding hydrogens is 172 g/mol. The van der Waals surface area contributed by atoms with Gasteiger partial charge in [0.1, 0.15) is 0 Å². The van der Waals surface area contributed by atoms with Gasteiger partial charge in [0.2, 0.25) is 0 Å². The topological polar surface area (TPSA) is 20.2 Å². The maximum atomic E-state index is 10.1. The summed E-state index contributed by atoms with van der Waals surface area (Å²) in [6, 6.07) is 0. The van der Waals surface area contributed by atoms with Gasteiger partial charge in [0, 0.05) is 0 Å². The normalized spacial score (nSPS) is 22.6. The van der Waals surface area contributed by atoms with Gasteiger partial charge < -0.3 is 5.11 Å². The third-order valence-corrected chi connectivity index (χ3v) is 3.05. The fourth-order valence-electron chi connectivity index (χ4n) is 2.40. The van der Waals surface area contributed by atoms with Crippen LogP contribution >= 0.6 is 0 Å². The van der Waals surface area contributed by atoms with Gasteiger partial charge in [-0.2, -0.15) is 0 Å². The van der Waals surface area contributed by atoms with Crippen LogP contribution in [0.4, 0.5) is 0 Å². The van der Waals surface area contributed by atoms with Crippen LogP contribution in [0, 0.1) is 5.41 Å². The lowest BCUT2D eigenvalue weighted by molar-refractivity contribution is 0.168. The van der Waals surface area contributed by atoms with E-state index in [4.69, 9.17) is 0 Å². The van der Waals surface area contributed by atoms with Gasteiger partial charge in [-0.05, 0) is 36.3 Å². The Kier molecular flexibility index (Phi) is 3.54. The number of aliphatic hydroxyl groups is 1. The van der Waals surface area contributed by atoms with E-state index in [0.29, 0.717) is 0 Å². The second-order valence-electron chi connectivity index (χ2n) is 4.89. The van der Waals surface area contributed by atoms with Crippen LogP contribution in [-0.4, -0.2) is 11.2 Å². The van der Waals surface area contributed by atoms with Crippen molar-refractivity contribution >= 4 is 0 Å². The van der Waals surface area contributed by atoms with E-state index in [2.05, 4.69) is 39.8 Å². The molecule has 0 aromatic rings. The number of hydrogen-bond donors (Lipinski definition) is 1. The molecule has 80 valence electrons. The molecule has 0 saturated carbocycles. The second kappa shape index (κ2) is 4.31. The van der Waals surface area contributed by atoms with Gasteiger partial charge in [0.25, 0.3) is 0 Å². The lowest BCUT2D eigenvalue weighted by Gasteiger charge is -2.34. The van der Waals surface area contributed by atoms with Crippen molar-refractivity contribution in [1.82, 2.24) is 0 Å². The van der Waals surface area contributed by atoms with Gasteiger partial charge in [0.05, 0.1) is 6.10 Å². The van der Waals surface area contributed by atoms with Crippen LogP contribution in [0.15, 0.2) is 23.3 Å². The Hall–Kier alpha value is -0.560. The summed E-state index contributed by atoms with van der Waals surface area (Å²) in [7, 11) is 0. The first kappa shape index (κ1) is 11.5. The summed E-state index contributed by atoms with van der Waals surface area (Å²) < 4.78 is 0. The maximum absolute atomic E-state index is 10.1. The highest BCUT2D eigenvalue weighted by atomic mass is 16.3. The van der Waals surface area contributed by atoms with E-state index in [0.717, 1.165) is 19.3 Å². The maximum Gasteiger partial charge on any atom is 0.0760 e. The molecule has 0 aromatic heterocycles. The Labute approximate surface area is 87.5 Å². The van der Waals surface area contributed by atoms with Crippen LogP contribution in [0.1, 0.15) is 47.0 Å². The molecule has 0 aromatic carbocycles. The summed E-state index contributed by atoms with van der Waals surface area (Å²) >= 11 is 0. The van der Waals surface area contributed by atoms with E-state index < -0.39 is 0 Å². The molecule has 0 aliphatic heterocycles. The summed E-state index contributed by atoms with van der Waals surface area (Å²) in [5, 5.41) is 10.1. The highest BCUT2D eigenvalue weighted by Crippen LogP contribution is 2.39. The smallest absolute Gasteiger partial charge is 0.0760 e. The van der Waals surface area contributed by atoms with Gasteiger partial charge >= 0.3 is 0 Å². The van der Waals surface area contributed by atoms with Crippen LogP contribution in [0.3, 0.4) is 0 Å². The van der Waals surface area contributed by atoms with Crippen molar-refractivity contribution < 1.29 is 5.11 Å². The van der Waals surface area contributed by atoms with Crippen molar-refractivity contribution in [1.29, 1.82) is 0 Å². The number of rotatable bonds is 3. The minimum atomic E-state index is -0.250. The Morgan fingerprint density at radius 1 is 1.50 bits per heavy atom. The fourth-order valence-corrected chi connectivity index (χ4v) is 2.40. The Morgan fingerprint density at radius 3 is 2.64 bits per heavy atom. The average Bonchev–Trinajstić information content (AvgIpc) is 2.02. The minimum Gasteiger partial charge on any atom is -0.389 e. The lowest BCUT2D eigenvalue weighted by Crippen LogP contribution is -2.27. The highest BCUT2D eigenvalue weighted by Gasteiger charge is 2.30. The predicted molar refractivity (Wildman–Crippen MR) is 61.2 cm³/mol. The Balaban J connectivity index is 2.95. The summed E-state index contributed by atoms with van der Waals surface area (Å²) in [6.45, 7) is 8.65. The highest BCUT2D eigenvalue weighted by molar-refractivity contribution is 5.35. The van der Waals surface area contributed by atoms with Crippen LogP contribution in [0.25, 0.3) is 0 Å². The molecule has 1 rings (SSSR count). The van der Waals surface area contributed by atoms with Crippen LogP contribution in [0.2, 0.25) is 0 Å². The van der Waals surface area contributed by atoms with Crippen molar-refractivity contribution in [2.75, 3.05) is 0 Å². The predicted octanol–water partition coefficient (Wildman–Crippen LogP) is 3.45. The molecule has 1 atom stereocenters. The second-order valence-corrected chi connectivity index (χ2v) is 4.89. The zero-order chi connectivity index (χ0) is 10.8. The van der Waals surface area contributed by atoms with E-state index in [1.807, 2.05) is 0 Å². The fraction of sp³-hybridized carbons (Fsp3) is 0.692. The van der Waals surface area contributed by atoms with Gasteiger partial charge in [0.15, 0.2) is 0 Å². The number of allylic oxidation sites excluding steroid dienone is 3. The van der Waals surface area contributed by atoms with Gasteiger partial charge in [-0.1, -0.05) is 39.3 Å². The summed E-state index contributed by atoms with van der Waals surface area (Å²) in [4.78, 5) is 0. The van der Waals surface area contributed by atoms with Crippen LogP contribution in [-0.2, 0) is 0 Å². The molecule has 14 heavy (non-hydrogen) atoms. The van der Waals surface area contributed by atoms with Crippen molar-refractivity contribution in [2.45, 2.75) is 53.1 Å². The summed E-state index contributed by atoms with van der Waals surface area (Å²) in [6.07, 6.45) is 7.05. The quantitative estimate of drug-likeness (QED) is 0.729. The minimum absolute atomic E-state index is 0.132. The molecule has 0 fully saturated rings. The molecule has 0 heterocycles. The first-order valence-electron chi connectivity index (χ1n) is 5.55. The van der Waals surface area contributed by atoms with Gasteiger partial charge in [-0.3, -0.25) is 0 Å². The summed E-state index contributed by atoms with van der Waals surface area (Å²) in [5.74, 6) is 0. The molecule has 0 amide bonds. The first-order chi connectivity index (χ1) is 6.49. The van der Waals surface area contributed by atoms with E-state index >= 15 is 0 Å². The van der Waals surface area contributed by atoms with Crippen molar-refractivity contribution in [3.8, 4) is 0 Å². The molecule has 0 bridgehead atoms. The van der Waals surface area contributed by atoms with Gasteiger partial charge in [-0.15, -0.1) is 0 Å². The zero-order valence-electron chi connectivity index (χ0n) is 9.80. The molecular formula is C13H22O. The van der Waals surface area contributed by atoms with Crippen molar-refractivity contribution in [3.05, 3.63) is 23.3 Å². The molecule has 1 aliphatic carbocycles. The van der Waals surface area contributed by atoms with Crippen molar-refractivity contribution in [2.24, 2.45) is 5.41 Å². The molecule has 1 N–H and O–H groups in total. The third kappa shape index (κ3) is 2.27. The zero-order valence-corrected chi connectivity index (χ0v) is 9.80. The standard InChI is InChI=1S/C13H22O/c1-5-7-11(14)12-10(2)8-6-9-13(12,3)4/h6,8,11,14H,5,7,9H2,1-4H3. The monoisotopic (exact) mass is 194 g/mol. The van der Waals surface area contributed by atoms with E-state index in [1.165, 1.54) is 11.1 Å². The molecule has 0 spiro atoms. The van der Waals surface area contributed by atoms with E-state index in [1.54, 1.807) is 0 Å². The molecule has 0 saturated heterocycles. The number of hydrogen-bond acceptors (Lipinski definition) is 1. The largest absolute Gasteiger partial charge is 0.389 e. The van der Waals surface area contributed by atoms with E-state index in [9.17, 15) is 5.11 Å². The van der Waals surface area contributed by atoms with Crippen LogP contribution < -0.4 is 0 Å². The average molecular weight is 194 g/mol. The van der Waals surface area contributed by atoms with E-state index in [-0.39, 0.29) is 11.5 Å². The third-order valence-electron chi connectivity index (χ3n) is 3.05. The molecule has 1 aliphatic rings. The Morgan fingerprint density at radius 2 is 2.14 bits per heavy atom. The first-order valence-corrected chi connectivity index (χ1v) is 5.55. The number of aliphatic hydroxyl groups excluding tert-OH is 1. The molecule has 1 nitrogen and oxygen atoms in total. The molecule has 1 unspecified atom stereocenters. The SMILES string of the molecule is CCCC(O)C1=C(C)C=CCC1(C)C. The van der Waals surface area contributed by atoms with Crippen LogP contribution in [0.5, 0.6) is 0 Å². The van der Waals surface area contributed by atoms with Crippen molar-refractivity contribution in [3.63, 3.8) is 0 Å².